The van der Waals surface area contributed by atoms with E-state index in [9.17, 15) is 0 Å². The van der Waals surface area contributed by atoms with Crippen molar-refractivity contribution in [3.63, 3.8) is 0 Å². The van der Waals surface area contributed by atoms with Crippen LogP contribution in [0.3, 0.4) is 0 Å². The van der Waals surface area contributed by atoms with E-state index in [-0.39, 0.29) is 12.4 Å². The third-order valence-electron chi connectivity index (χ3n) is 5.79. The molecule has 0 aliphatic carbocycles. The van der Waals surface area contributed by atoms with E-state index in [2.05, 4.69) is 56.4 Å². The molecule has 6 nitrogen and oxygen atoms in total. The van der Waals surface area contributed by atoms with Crippen LogP contribution in [0.1, 0.15) is 31.4 Å². The van der Waals surface area contributed by atoms with Gasteiger partial charge in [-0.1, -0.05) is 11.6 Å². The zero-order chi connectivity index (χ0) is 20.1. The number of hydrogen-bond acceptors (Lipinski definition) is 6. The monoisotopic (exact) mass is 451 g/mol. The van der Waals surface area contributed by atoms with Gasteiger partial charge in [-0.2, -0.15) is 0 Å². The van der Waals surface area contributed by atoms with Crippen molar-refractivity contribution in [2.24, 2.45) is 0 Å². The standard InChI is InChI=1S/C22H30ClN5O.ClH/c1-27-11-13-28(14-12-27)18-7-5-17(6-8-18)25-22-24-16-20(23)21(26-22)10-9-19-4-2-3-15-29-19;/h5-8,16,19H,2-4,9-15H2,1H3,(H,24,25,26);1H. The van der Waals surface area contributed by atoms with Gasteiger partial charge in [0.25, 0.3) is 0 Å². The van der Waals surface area contributed by atoms with E-state index in [1.165, 1.54) is 18.5 Å². The van der Waals surface area contributed by atoms with Gasteiger partial charge < -0.3 is 19.9 Å². The van der Waals surface area contributed by atoms with Gasteiger partial charge in [0, 0.05) is 44.2 Å². The molecule has 0 amide bonds. The number of halogens is 2. The minimum atomic E-state index is 0. The Kier molecular flexibility index (Phi) is 8.57. The fraction of sp³-hybridized carbons (Fsp3) is 0.545. The fourth-order valence-corrected chi connectivity index (χ4v) is 4.11. The maximum Gasteiger partial charge on any atom is 0.227 e. The van der Waals surface area contributed by atoms with E-state index < -0.39 is 0 Å². The van der Waals surface area contributed by atoms with Crippen LogP contribution in [0.2, 0.25) is 5.02 Å². The minimum absolute atomic E-state index is 0. The van der Waals surface area contributed by atoms with Crippen LogP contribution in [0, 0.1) is 0 Å². The van der Waals surface area contributed by atoms with Gasteiger partial charge >= 0.3 is 0 Å². The molecular formula is C22H31Cl2N5O. The molecule has 1 aromatic heterocycles. The van der Waals surface area contributed by atoms with Crippen LogP contribution < -0.4 is 10.2 Å². The Bertz CT molecular complexity index is 791. The van der Waals surface area contributed by atoms with Crippen LogP contribution in [0.15, 0.2) is 30.5 Å². The van der Waals surface area contributed by atoms with E-state index in [0.29, 0.717) is 17.1 Å². The molecule has 3 heterocycles. The Morgan fingerprint density at radius 3 is 2.60 bits per heavy atom. The summed E-state index contributed by atoms with van der Waals surface area (Å²) < 4.78 is 5.82. The molecule has 2 aliphatic heterocycles. The number of anilines is 3. The summed E-state index contributed by atoms with van der Waals surface area (Å²) in [5.74, 6) is 0.585. The number of rotatable bonds is 6. The number of benzene rings is 1. The van der Waals surface area contributed by atoms with Crippen molar-refractivity contribution in [1.29, 1.82) is 0 Å². The maximum absolute atomic E-state index is 6.33. The lowest BCUT2D eigenvalue weighted by Gasteiger charge is -2.34. The largest absolute Gasteiger partial charge is 0.378 e. The summed E-state index contributed by atoms with van der Waals surface area (Å²) in [5.41, 5.74) is 3.12. The number of nitrogens with zero attached hydrogens (tertiary/aromatic N) is 4. The highest BCUT2D eigenvalue weighted by Gasteiger charge is 2.16. The third-order valence-corrected chi connectivity index (χ3v) is 6.10. The van der Waals surface area contributed by atoms with E-state index in [1.54, 1.807) is 6.20 Å². The van der Waals surface area contributed by atoms with Gasteiger partial charge in [-0.25, -0.2) is 9.97 Å². The Morgan fingerprint density at radius 2 is 1.90 bits per heavy atom. The second kappa shape index (κ2) is 11.1. The highest BCUT2D eigenvalue weighted by atomic mass is 35.5. The third kappa shape index (κ3) is 6.20. The number of aromatic nitrogens is 2. The number of aryl methyl sites for hydroxylation is 1. The quantitative estimate of drug-likeness (QED) is 0.694. The second-order valence-corrected chi connectivity index (χ2v) is 8.38. The van der Waals surface area contributed by atoms with Gasteiger partial charge in [0.15, 0.2) is 0 Å². The predicted octanol–water partition coefficient (Wildman–Crippen LogP) is 4.55. The lowest BCUT2D eigenvalue weighted by atomic mass is 10.0. The lowest BCUT2D eigenvalue weighted by molar-refractivity contribution is 0.0114. The van der Waals surface area contributed by atoms with Gasteiger partial charge in [0.2, 0.25) is 5.95 Å². The zero-order valence-electron chi connectivity index (χ0n) is 17.5. The molecule has 0 radical (unpaired) electrons. The van der Waals surface area contributed by atoms with Crippen LogP contribution in [-0.2, 0) is 11.2 Å². The molecule has 1 aromatic carbocycles. The first-order chi connectivity index (χ1) is 14.2. The summed E-state index contributed by atoms with van der Waals surface area (Å²) in [5, 5.41) is 3.93. The van der Waals surface area contributed by atoms with Crippen LogP contribution in [0.5, 0.6) is 0 Å². The highest BCUT2D eigenvalue weighted by molar-refractivity contribution is 6.31. The molecule has 1 atom stereocenters. The Labute approximate surface area is 190 Å². The van der Waals surface area contributed by atoms with Gasteiger partial charge in [-0.3, -0.25) is 0 Å². The molecule has 0 spiro atoms. The molecule has 0 saturated carbocycles. The number of ether oxygens (including phenoxy) is 1. The molecule has 1 unspecified atom stereocenters. The maximum atomic E-state index is 6.33. The first-order valence-corrected chi connectivity index (χ1v) is 11.0. The van der Waals surface area contributed by atoms with Crippen LogP contribution >= 0.6 is 24.0 Å². The molecule has 2 aromatic rings. The number of hydrogen-bond donors (Lipinski definition) is 1. The van der Waals surface area contributed by atoms with Crippen molar-refractivity contribution in [3.8, 4) is 0 Å². The normalized spacial score (nSPS) is 19.9. The Balaban J connectivity index is 0.00000256. The van der Waals surface area contributed by atoms with E-state index in [0.717, 1.165) is 63.4 Å². The summed E-state index contributed by atoms with van der Waals surface area (Å²) in [6.45, 7) is 5.22. The van der Waals surface area contributed by atoms with Crippen molar-refractivity contribution >= 4 is 41.3 Å². The number of likely N-dealkylation sites (N-methyl/N-ethyl adjacent to an activating group) is 1. The molecule has 2 aliphatic rings. The van der Waals surface area contributed by atoms with Gasteiger partial charge in [-0.15, -0.1) is 12.4 Å². The predicted molar refractivity (Wildman–Crippen MR) is 126 cm³/mol. The number of nitrogens with one attached hydrogen (secondary N) is 1. The van der Waals surface area contributed by atoms with Crippen LogP contribution in [0.25, 0.3) is 0 Å². The topological polar surface area (TPSA) is 53.5 Å². The number of piperazine rings is 1. The first-order valence-electron chi connectivity index (χ1n) is 10.6. The lowest BCUT2D eigenvalue weighted by Crippen LogP contribution is -2.44. The summed E-state index contributed by atoms with van der Waals surface area (Å²) in [6.07, 6.45) is 7.33. The van der Waals surface area contributed by atoms with Crippen molar-refractivity contribution in [3.05, 3.63) is 41.2 Å². The van der Waals surface area contributed by atoms with Gasteiger partial charge in [0.05, 0.1) is 23.0 Å². The Morgan fingerprint density at radius 1 is 1.13 bits per heavy atom. The van der Waals surface area contributed by atoms with Crippen molar-refractivity contribution in [1.82, 2.24) is 14.9 Å². The van der Waals surface area contributed by atoms with Crippen molar-refractivity contribution in [2.75, 3.05) is 50.1 Å². The van der Waals surface area contributed by atoms with E-state index >= 15 is 0 Å². The summed E-state index contributed by atoms with van der Waals surface area (Å²) in [7, 11) is 2.17. The molecule has 8 heteroatoms. The fourth-order valence-electron chi connectivity index (χ4n) is 3.92. The van der Waals surface area contributed by atoms with Crippen LogP contribution in [0.4, 0.5) is 17.3 Å². The minimum Gasteiger partial charge on any atom is -0.378 e. The average molecular weight is 452 g/mol. The molecule has 0 bridgehead atoms. The highest BCUT2D eigenvalue weighted by Crippen LogP contribution is 2.24. The zero-order valence-corrected chi connectivity index (χ0v) is 19.1. The second-order valence-electron chi connectivity index (χ2n) is 7.98. The summed E-state index contributed by atoms with van der Waals surface area (Å²) in [6, 6.07) is 8.48. The summed E-state index contributed by atoms with van der Waals surface area (Å²) >= 11 is 6.33. The molecule has 4 rings (SSSR count). The molecule has 30 heavy (non-hydrogen) atoms. The molecular weight excluding hydrogens is 421 g/mol. The molecule has 1 N–H and O–H groups in total. The SMILES string of the molecule is CN1CCN(c2ccc(Nc3ncc(Cl)c(CCC4CCCCO4)n3)cc2)CC1.Cl. The van der Waals surface area contributed by atoms with Crippen molar-refractivity contribution in [2.45, 2.75) is 38.2 Å². The Hall–Kier alpha value is -1.60. The molecule has 2 saturated heterocycles. The van der Waals surface area contributed by atoms with Crippen LogP contribution in [-0.4, -0.2) is 60.8 Å². The first kappa shape index (κ1) is 23.1. The summed E-state index contributed by atoms with van der Waals surface area (Å²) in [4.78, 5) is 13.8. The van der Waals surface area contributed by atoms with E-state index in [1.807, 2.05) is 0 Å². The smallest absolute Gasteiger partial charge is 0.227 e. The van der Waals surface area contributed by atoms with Gasteiger partial charge in [-0.05, 0) is 63.4 Å². The van der Waals surface area contributed by atoms with Crippen molar-refractivity contribution < 1.29 is 4.74 Å². The average Bonchev–Trinajstić information content (AvgIpc) is 2.76. The molecule has 2 fully saturated rings. The van der Waals surface area contributed by atoms with Gasteiger partial charge in [0.1, 0.15) is 0 Å². The van der Waals surface area contributed by atoms with E-state index in [4.69, 9.17) is 16.3 Å². The molecule has 164 valence electrons.